The summed E-state index contributed by atoms with van der Waals surface area (Å²) in [6, 6.07) is 8.13. The van der Waals surface area contributed by atoms with Crippen molar-refractivity contribution in [2.45, 2.75) is 38.5 Å². The van der Waals surface area contributed by atoms with Gasteiger partial charge in [-0.1, -0.05) is 19.8 Å². The highest BCUT2D eigenvalue weighted by Crippen LogP contribution is 2.37. The van der Waals surface area contributed by atoms with E-state index in [9.17, 15) is 0 Å². The normalized spacial score (nSPS) is 15.9. The van der Waals surface area contributed by atoms with Gasteiger partial charge in [-0.3, -0.25) is 4.98 Å². The van der Waals surface area contributed by atoms with Crippen LogP contribution in [0.1, 0.15) is 49.8 Å². The van der Waals surface area contributed by atoms with Gasteiger partial charge in [-0.05, 0) is 49.2 Å². The Labute approximate surface area is 143 Å². The molecule has 0 saturated carbocycles. The molecule has 2 N–H and O–H groups in total. The molecule has 2 heterocycles. The summed E-state index contributed by atoms with van der Waals surface area (Å²) in [6.45, 7) is 3.50. The van der Waals surface area contributed by atoms with Crippen molar-refractivity contribution in [2.24, 2.45) is 10.7 Å². The van der Waals surface area contributed by atoms with E-state index in [-0.39, 0.29) is 5.92 Å². The standard InChI is InChI=1S/C19H24N4O/c1-2-3-5-16-17(23-19-18(16)21-11-12-22-19)14-6-8-15(9-7-14)24-13-4-10-20/h6-9,11-12,16H,2-5,10,13,20H2,1H3. The Balaban J connectivity index is 1.79. The number of hydrogen-bond acceptors (Lipinski definition) is 5. The summed E-state index contributed by atoms with van der Waals surface area (Å²) in [4.78, 5) is 13.6. The van der Waals surface area contributed by atoms with E-state index in [0.29, 0.717) is 13.2 Å². The first-order chi connectivity index (χ1) is 11.8. The third-order valence-electron chi connectivity index (χ3n) is 4.21. The molecule has 1 aromatic carbocycles. The van der Waals surface area contributed by atoms with Gasteiger partial charge in [0.05, 0.1) is 18.0 Å². The summed E-state index contributed by atoms with van der Waals surface area (Å²) < 4.78 is 5.67. The van der Waals surface area contributed by atoms with Gasteiger partial charge in [0.15, 0.2) is 5.82 Å². The van der Waals surface area contributed by atoms with Crippen LogP contribution < -0.4 is 10.5 Å². The molecule has 1 unspecified atom stereocenters. The van der Waals surface area contributed by atoms with Crippen molar-refractivity contribution in [1.82, 2.24) is 9.97 Å². The number of ether oxygens (including phenoxy) is 1. The van der Waals surface area contributed by atoms with Crippen molar-refractivity contribution in [3.8, 4) is 5.75 Å². The van der Waals surface area contributed by atoms with Gasteiger partial charge >= 0.3 is 0 Å². The average molecular weight is 324 g/mol. The molecule has 1 aliphatic heterocycles. The lowest BCUT2D eigenvalue weighted by Gasteiger charge is -2.14. The molecule has 0 bridgehead atoms. The molecule has 1 aliphatic rings. The van der Waals surface area contributed by atoms with Crippen LogP contribution in [0.3, 0.4) is 0 Å². The van der Waals surface area contributed by atoms with Gasteiger partial charge < -0.3 is 10.5 Å². The van der Waals surface area contributed by atoms with E-state index < -0.39 is 0 Å². The topological polar surface area (TPSA) is 73.4 Å². The monoisotopic (exact) mass is 324 g/mol. The predicted molar refractivity (Wildman–Crippen MR) is 96.1 cm³/mol. The lowest BCUT2D eigenvalue weighted by molar-refractivity contribution is 0.313. The molecule has 5 nitrogen and oxygen atoms in total. The van der Waals surface area contributed by atoms with E-state index in [0.717, 1.165) is 54.2 Å². The van der Waals surface area contributed by atoms with E-state index in [1.807, 2.05) is 12.1 Å². The second-order valence-electron chi connectivity index (χ2n) is 5.97. The smallest absolute Gasteiger partial charge is 0.174 e. The zero-order chi connectivity index (χ0) is 16.8. The molecule has 0 spiro atoms. The number of benzene rings is 1. The van der Waals surface area contributed by atoms with Crippen molar-refractivity contribution in [2.75, 3.05) is 13.2 Å². The van der Waals surface area contributed by atoms with Crippen molar-refractivity contribution in [3.63, 3.8) is 0 Å². The van der Waals surface area contributed by atoms with E-state index in [4.69, 9.17) is 15.5 Å². The highest BCUT2D eigenvalue weighted by molar-refractivity contribution is 6.09. The fourth-order valence-electron chi connectivity index (χ4n) is 2.94. The summed E-state index contributed by atoms with van der Waals surface area (Å²) in [6.07, 6.45) is 7.68. The molecule has 2 aromatic rings. The lowest BCUT2D eigenvalue weighted by Crippen LogP contribution is -2.11. The predicted octanol–water partition coefficient (Wildman–Crippen LogP) is 3.61. The summed E-state index contributed by atoms with van der Waals surface area (Å²) in [5.74, 6) is 1.86. The fourth-order valence-corrected chi connectivity index (χ4v) is 2.94. The molecule has 1 atom stereocenters. The van der Waals surface area contributed by atoms with Crippen LogP contribution in [0.4, 0.5) is 5.82 Å². The Kier molecular flexibility index (Phi) is 5.54. The van der Waals surface area contributed by atoms with Crippen LogP contribution in [-0.2, 0) is 0 Å². The molecule has 24 heavy (non-hydrogen) atoms. The largest absolute Gasteiger partial charge is 0.494 e. The first-order valence-electron chi connectivity index (χ1n) is 8.66. The quantitative estimate of drug-likeness (QED) is 0.753. The maximum absolute atomic E-state index is 5.67. The summed E-state index contributed by atoms with van der Waals surface area (Å²) in [5.41, 5.74) is 8.67. The molecule has 0 radical (unpaired) electrons. The van der Waals surface area contributed by atoms with Gasteiger partial charge in [0, 0.05) is 18.3 Å². The van der Waals surface area contributed by atoms with Crippen LogP contribution in [0.2, 0.25) is 0 Å². The minimum absolute atomic E-state index is 0.234. The van der Waals surface area contributed by atoms with Crippen molar-refractivity contribution < 1.29 is 4.74 Å². The second kappa shape index (κ2) is 8.02. The SMILES string of the molecule is CCCCC1C(c2ccc(OCCCN)cc2)=Nc2nccnc21. The molecule has 0 aliphatic carbocycles. The molecular weight excluding hydrogens is 300 g/mol. The zero-order valence-corrected chi connectivity index (χ0v) is 14.1. The molecule has 0 amide bonds. The number of rotatable bonds is 8. The van der Waals surface area contributed by atoms with Crippen molar-refractivity contribution in [3.05, 3.63) is 47.9 Å². The highest BCUT2D eigenvalue weighted by atomic mass is 16.5. The first kappa shape index (κ1) is 16.6. The lowest BCUT2D eigenvalue weighted by atomic mass is 9.91. The van der Waals surface area contributed by atoms with Gasteiger partial charge in [0.25, 0.3) is 0 Å². The summed E-state index contributed by atoms with van der Waals surface area (Å²) in [7, 11) is 0. The van der Waals surface area contributed by atoms with Crippen LogP contribution in [0.5, 0.6) is 5.75 Å². The van der Waals surface area contributed by atoms with E-state index in [1.165, 1.54) is 0 Å². The van der Waals surface area contributed by atoms with Crippen LogP contribution >= 0.6 is 0 Å². The number of nitrogens with zero attached hydrogens (tertiary/aromatic N) is 3. The molecule has 126 valence electrons. The molecular formula is C19H24N4O. The Morgan fingerprint density at radius 1 is 1.08 bits per heavy atom. The maximum atomic E-state index is 5.67. The highest BCUT2D eigenvalue weighted by Gasteiger charge is 2.29. The van der Waals surface area contributed by atoms with Gasteiger partial charge in [-0.15, -0.1) is 0 Å². The minimum atomic E-state index is 0.234. The third kappa shape index (κ3) is 3.62. The molecule has 0 fully saturated rings. The van der Waals surface area contributed by atoms with E-state index in [1.54, 1.807) is 12.4 Å². The summed E-state index contributed by atoms with van der Waals surface area (Å²) >= 11 is 0. The van der Waals surface area contributed by atoms with Crippen molar-refractivity contribution >= 4 is 11.5 Å². The Morgan fingerprint density at radius 3 is 2.62 bits per heavy atom. The second-order valence-corrected chi connectivity index (χ2v) is 5.97. The fraction of sp³-hybridized carbons (Fsp3) is 0.421. The van der Waals surface area contributed by atoms with Gasteiger partial charge in [-0.25, -0.2) is 9.98 Å². The van der Waals surface area contributed by atoms with Gasteiger partial charge in [-0.2, -0.15) is 0 Å². The number of aromatic nitrogens is 2. The number of aliphatic imine (C=N–C) groups is 1. The molecule has 1 aromatic heterocycles. The zero-order valence-electron chi connectivity index (χ0n) is 14.1. The van der Waals surface area contributed by atoms with Crippen LogP contribution in [0, 0.1) is 0 Å². The third-order valence-corrected chi connectivity index (χ3v) is 4.21. The van der Waals surface area contributed by atoms with Crippen LogP contribution in [0.15, 0.2) is 41.7 Å². The Bertz CT molecular complexity index is 697. The van der Waals surface area contributed by atoms with E-state index in [2.05, 4.69) is 29.0 Å². The number of nitrogens with two attached hydrogens (primary N) is 1. The van der Waals surface area contributed by atoms with Gasteiger partial charge in [0.1, 0.15) is 5.75 Å². The van der Waals surface area contributed by atoms with Crippen LogP contribution in [0.25, 0.3) is 0 Å². The molecule has 5 heteroatoms. The first-order valence-corrected chi connectivity index (χ1v) is 8.66. The summed E-state index contributed by atoms with van der Waals surface area (Å²) in [5, 5.41) is 0. The maximum Gasteiger partial charge on any atom is 0.174 e. The van der Waals surface area contributed by atoms with Crippen molar-refractivity contribution in [1.29, 1.82) is 0 Å². The van der Waals surface area contributed by atoms with E-state index >= 15 is 0 Å². The molecule has 0 saturated heterocycles. The Morgan fingerprint density at radius 2 is 1.88 bits per heavy atom. The molecule has 3 rings (SSSR count). The van der Waals surface area contributed by atoms with Crippen LogP contribution in [-0.4, -0.2) is 28.8 Å². The average Bonchev–Trinajstić information content (AvgIpc) is 2.99. The number of fused-ring (bicyclic) bond motifs is 1. The Hall–Kier alpha value is -2.27. The number of hydrogen-bond donors (Lipinski definition) is 1. The number of unbranched alkanes of at least 4 members (excludes halogenated alkanes) is 1. The van der Waals surface area contributed by atoms with Gasteiger partial charge in [0.2, 0.25) is 0 Å². The minimum Gasteiger partial charge on any atom is -0.494 e.